The average Bonchev–Trinajstić information content (AvgIpc) is 2.48. The number of hydrogen-bond donors (Lipinski definition) is 2. The van der Waals surface area contributed by atoms with Gasteiger partial charge in [0.05, 0.1) is 5.56 Å². The van der Waals surface area contributed by atoms with Crippen LogP contribution in [0.5, 0.6) is 0 Å². The second-order valence-corrected chi connectivity index (χ2v) is 3.18. The minimum atomic E-state index is -0.282. The Kier molecular flexibility index (Phi) is 1.77. The first-order valence-corrected chi connectivity index (χ1v) is 4.15. The van der Waals surface area contributed by atoms with Gasteiger partial charge in [0.1, 0.15) is 0 Å². The van der Waals surface area contributed by atoms with Crippen LogP contribution in [0.1, 0.15) is 28.5 Å². The van der Waals surface area contributed by atoms with Crippen LogP contribution in [0.3, 0.4) is 0 Å². The predicted octanol–water partition coefficient (Wildman–Crippen LogP) is 0.181. The van der Waals surface area contributed by atoms with E-state index in [9.17, 15) is 9.59 Å². The van der Waals surface area contributed by atoms with Gasteiger partial charge in [-0.05, 0) is 18.6 Å². The molecule has 1 aromatic rings. The predicted molar refractivity (Wildman–Crippen MR) is 47.6 cm³/mol. The number of nitrogens with one attached hydrogen (secondary N) is 2. The fourth-order valence-corrected chi connectivity index (χ4v) is 1.51. The summed E-state index contributed by atoms with van der Waals surface area (Å²) in [5.41, 5.74) is 1.89. The zero-order chi connectivity index (χ0) is 9.42. The molecule has 1 aliphatic rings. The molecule has 2 N–H and O–H groups in total. The highest BCUT2D eigenvalue weighted by Gasteiger charge is 2.14. The molecule has 0 saturated heterocycles. The van der Waals surface area contributed by atoms with Crippen molar-refractivity contribution in [2.75, 3.05) is 0 Å². The number of ketones is 1. The fraction of sp³-hybridized carbons (Fsp3) is 0.333. The van der Waals surface area contributed by atoms with Crippen LogP contribution in [0.4, 0.5) is 0 Å². The Morgan fingerprint density at radius 3 is 2.92 bits per heavy atom. The summed E-state index contributed by atoms with van der Waals surface area (Å²) in [5, 5.41) is 3.10. The summed E-state index contributed by atoms with van der Waals surface area (Å²) in [6.45, 7) is 2.81. The lowest BCUT2D eigenvalue weighted by Crippen LogP contribution is -2.17. The molecular weight excluding hydrogens is 168 g/mol. The van der Waals surface area contributed by atoms with Gasteiger partial charge in [-0.1, -0.05) is 0 Å². The Balaban J connectivity index is 2.62. The molecular formula is C9H10N2O2. The number of hydrogen-bond acceptors (Lipinski definition) is 3. The number of rotatable bonds is 1. The van der Waals surface area contributed by atoms with Crippen LogP contribution in [-0.4, -0.2) is 10.8 Å². The minimum Gasteiger partial charge on any atom is -0.324 e. The van der Waals surface area contributed by atoms with Gasteiger partial charge >= 0.3 is 0 Å². The van der Waals surface area contributed by atoms with Crippen molar-refractivity contribution in [3.8, 4) is 0 Å². The number of Topliss-reactive ketones (excluding diaryl/α,β-unsaturated/α-hetero) is 1. The molecule has 0 aromatic carbocycles. The highest BCUT2D eigenvalue weighted by molar-refractivity contribution is 5.93. The van der Waals surface area contributed by atoms with E-state index in [1.54, 1.807) is 6.07 Å². The molecule has 2 heterocycles. The van der Waals surface area contributed by atoms with Crippen LogP contribution in [0, 0.1) is 0 Å². The van der Waals surface area contributed by atoms with Gasteiger partial charge in [0.25, 0.3) is 5.56 Å². The van der Waals surface area contributed by atoms with Crippen molar-refractivity contribution in [3.63, 3.8) is 0 Å². The second kappa shape index (κ2) is 2.81. The third kappa shape index (κ3) is 1.29. The monoisotopic (exact) mass is 178 g/mol. The van der Waals surface area contributed by atoms with Crippen molar-refractivity contribution in [1.82, 2.24) is 10.3 Å². The quantitative estimate of drug-likeness (QED) is 0.603. The summed E-state index contributed by atoms with van der Waals surface area (Å²) in [6, 6.07) is 1.68. The molecule has 1 aliphatic heterocycles. The Bertz CT molecular complexity index is 420. The SMILES string of the molecule is CC(=O)c1cc2c([nH]c1=O)CNC2. The molecule has 13 heavy (non-hydrogen) atoms. The number of aromatic nitrogens is 1. The van der Waals surface area contributed by atoms with E-state index < -0.39 is 0 Å². The summed E-state index contributed by atoms with van der Waals surface area (Å²) in [5.74, 6) is -0.184. The van der Waals surface area contributed by atoms with Crippen LogP contribution in [0.2, 0.25) is 0 Å². The second-order valence-electron chi connectivity index (χ2n) is 3.18. The maximum atomic E-state index is 11.3. The molecule has 0 atom stereocenters. The Morgan fingerprint density at radius 1 is 1.46 bits per heavy atom. The van der Waals surface area contributed by atoms with E-state index in [0.717, 1.165) is 17.8 Å². The highest BCUT2D eigenvalue weighted by Crippen LogP contribution is 2.11. The summed E-state index contributed by atoms with van der Waals surface area (Å²) in [4.78, 5) is 25.0. The topological polar surface area (TPSA) is 62.0 Å². The van der Waals surface area contributed by atoms with E-state index in [1.807, 2.05) is 0 Å². The first kappa shape index (κ1) is 8.19. The largest absolute Gasteiger partial charge is 0.324 e. The fourth-order valence-electron chi connectivity index (χ4n) is 1.51. The van der Waals surface area contributed by atoms with Gasteiger partial charge in [-0.15, -0.1) is 0 Å². The van der Waals surface area contributed by atoms with E-state index in [2.05, 4.69) is 10.3 Å². The lowest BCUT2D eigenvalue weighted by molar-refractivity contribution is 0.101. The Hall–Kier alpha value is -1.42. The van der Waals surface area contributed by atoms with E-state index >= 15 is 0 Å². The molecule has 0 fully saturated rings. The summed E-state index contributed by atoms with van der Waals surface area (Å²) in [6.07, 6.45) is 0. The number of aromatic amines is 1. The Morgan fingerprint density at radius 2 is 2.23 bits per heavy atom. The molecule has 0 amide bonds. The highest BCUT2D eigenvalue weighted by atomic mass is 16.1. The van der Waals surface area contributed by atoms with E-state index in [-0.39, 0.29) is 16.9 Å². The van der Waals surface area contributed by atoms with Gasteiger partial charge in [-0.25, -0.2) is 0 Å². The van der Waals surface area contributed by atoms with Crippen LogP contribution in [-0.2, 0) is 13.1 Å². The number of H-pyrrole nitrogens is 1. The van der Waals surface area contributed by atoms with Gasteiger partial charge in [0.2, 0.25) is 0 Å². The molecule has 2 rings (SSSR count). The number of carbonyl (C=O) groups is 1. The van der Waals surface area contributed by atoms with Crippen molar-refractivity contribution in [2.45, 2.75) is 20.0 Å². The first-order valence-electron chi connectivity index (χ1n) is 4.15. The molecule has 0 unspecified atom stereocenters. The van der Waals surface area contributed by atoms with Crippen molar-refractivity contribution in [2.24, 2.45) is 0 Å². The maximum absolute atomic E-state index is 11.3. The molecule has 68 valence electrons. The first-order chi connectivity index (χ1) is 6.18. The molecule has 0 aliphatic carbocycles. The van der Waals surface area contributed by atoms with E-state index in [0.29, 0.717) is 6.54 Å². The van der Waals surface area contributed by atoms with Gasteiger partial charge in [-0.2, -0.15) is 0 Å². The van der Waals surface area contributed by atoms with Crippen LogP contribution < -0.4 is 10.9 Å². The number of pyridine rings is 1. The number of carbonyl (C=O) groups excluding carboxylic acids is 1. The normalized spacial score (nSPS) is 14.2. The standard InChI is InChI=1S/C9H10N2O2/c1-5(12)7-2-6-3-10-4-8(6)11-9(7)13/h2,10H,3-4H2,1H3,(H,11,13). The summed E-state index contributed by atoms with van der Waals surface area (Å²) >= 11 is 0. The van der Waals surface area contributed by atoms with Gasteiger partial charge in [0.15, 0.2) is 5.78 Å². The third-order valence-electron chi connectivity index (χ3n) is 2.21. The molecule has 0 saturated carbocycles. The Labute approximate surface area is 75.0 Å². The maximum Gasteiger partial charge on any atom is 0.259 e. The van der Waals surface area contributed by atoms with Crippen molar-refractivity contribution in [3.05, 3.63) is 33.2 Å². The van der Waals surface area contributed by atoms with E-state index in [1.165, 1.54) is 6.92 Å². The minimum absolute atomic E-state index is 0.184. The molecule has 1 aromatic heterocycles. The lowest BCUT2D eigenvalue weighted by Gasteiger charge is -1.99. The smallest absolute Gasteiger partial charge is 0.259 e. The molecule has 0 radical (unpaired) electrons. The molecule has 0 spiro atoms. The van der Waals surface area contributed by atoms with Crippen molar-refractivity contribution < 1.29 is 4.79 Å². The summed E-state index contributed by atoms with van der Waals surface area (Å²) in [7, 11) is 0. The average molecular weight is 178 g/mol. The zero-order valence-electron chi connectivity index (χ0n) is 7.31. The molecule has 0 bridgehead atoms. The van der Waals surface area contributed by atoms with Crippen molar-refractivity contribution in [1.29, 1.82) is 0 Å². The van der Waals surface area contributed by atoms with E-state index in [4.69, 9.17) is 0 Å². The third-order valence-corrected chi connectivity index (χ3v) is 2.21. The van der Waals surface area contributed by atoms with Gasteiger partial charge in [-0.3, -0.25) is 9.59 Å². The van der Waals surface area contributed by atoms with Gasteiger partial charge < -0.3 is 10.3 Å². The molecule has 4 nitrogen and oxygen atoms in total. The van der Waals surface area contributed by atoms with Gasteiger partial charge in [0, 0.05) is 18.8 Å². The zero-order valence-corrected chi connectivity index (χ0v) is 7.31. The summed E-state index contributed by atoms with van der Waals surface area (Å²) < 4.78 is 0. The van der Waals surface area contributed by atoms with Crippen LogP contribution >= 0.6 is 0 Å². The number of fused-ring (bicyclic) bond motifs is 1. The van der Waals surface area contributed by atoms with Crippen LogP contribution in [0.15, 0.2) is 10.9 Å². The lowest BCUT2D eigenvalue weighted by atomic mass is 10.1. The van der Waals surface area contributed by atoms with Crippen molar-refractivity contribution >= 4 is 5.78 Å². The molecule has 4 heteroatoms. The van der Waals surface area contributed by atoms with Crippen LogP contribution in [0.25, 0.3) is 0 Å².